The molecule has 0 bridgehead atoms. The molecule has 4 nitrogen and oxygen atoms in total. The first-order chi connectivity index (χ1) is 11.3. The number of hydrogen-bond donors (Lipinski definition) is 1. The lowest BCUT2D eigenvalue weighted by molar-refractivity contribution is -0.137. The van der Waals surface area contributed by atoms with Gasteiger partial charge >= 0.3 is 5.97 Å². The number of rotatable bonds is 6. The van der Waals surface area contributed by atoms with Crippen molar-refractivity contribution in [3.05, 3.63) is 44.9 Å². The molecule has 0 unspecified atom stereocenters. The number of unbranched alkanes of at least 4 members (excludes halogenated alkanes) is 1. The summed E-state index contributed by atoms with van der Waals surface area (Å²) < 4.78 is 2.02. The van der Waals surface area contributed by atoms with E-state index in [9.17, 15) is 9.59 Å². The van der Waals surface area contributed by atoms with E-state index in [1.807, 2.05) is 44.5 Å². The van der Waals surface area contributed by atoms with Crippen LogP contribution in [0.2, 0.25) is 0 Å². The van der Waals surface area contributed by atoms with E-state index in [1.54, 1.807) is 11.3 Å². The first-order valence-electron chi connectivity index (χ1n) is 8.29. The lowest BCUT2D eigenvalue weighted by atomic mass is 10.1. The molecule has 0 atom stereocenters. The second kappa shape index (κ2) is 9.42. The Morgan fingerprint density at radius 3 is 2.25 bits per heavy atom. The number of ketones is 1. The summed E-state index contributed by atoms with van der Waals surface area (Å²) in [6.45, 7) is 8.12. The number of carbonyl (C=O) groups is 2. The molecule has 0 saturated carbocycles. The summed E-state index contributed by atoms with van der Waals surface area (Å²) >= 11 is 1.56. The first-order valence-corrected chi connectivity index (χ1v) is 9.11. The van der Waals surface area contributed by atoms with Gasteiger partial charge in [-0.05, 0) is 50.5 Å². The summed E-state index contributed by atoms with van der Waals surface area (Å²) in [5.74, 6) is -0.551. The van der Waals surface area contributed by atoms with E-state index in [0.717, 1.165) is 35.4 Å². The van der Waals surface area contributed by atoms with Crippen LogP contribution in [0.1, 0.15) is 64.6 Å². The molecule has 24 heavy (non-hydrogen) atoms. The Balaban J connectivity index is 0.000000351. The second-order valence-electron chi connectivity index (χ2n) is 5.82. The summed E-state index contributed by atoms with van der Waals surface area (Å²) in [5, 5.41) is 8.04. The fourth-order valence-electron chi connectivity index (χ4n) is 2.50. The third-order valence-corrected chi connectivity index (χ3v) is 4.81. The predicted octanol–water partition coefficient (Wildman–Crippen LogP) is 4.76. The average Bonchev–Trinajstić information content (AvgIpc) is 3.08. The Bertz CT molecular complexity index is 698. The number of carboxylic acid groups (broad SMARTS) is 1. The SMILES string of the molecule is CCCCC(=O)O.CCc1cc(C)c(C(=O)c2ccc(C)s2)n1C. The Kier molecular flexibility index (Phi) is 7.92. The monoisotopic (exact) mass is 349 g/mol. The van der Waals surface area contributed by atoms with Gasteiger partial charge in [-0.25, -0.2) is 0 Å². The highest BCUT2D eigenvalue weighted by Gasteiger charge is 2.18. The van der Waals surface area contributed by atoms with E-state index in [0.29, 0.717) is 6.42 Å². The van der Waals surface area contributed by atoms with Crippen molar-refractivity contribution >= 4 is 23.1 Å². The Morgan fingerprint density at radius 2 is 1.88 bits per heavy atom. The molecule has 0 aliphatic carbocycles. The van der Waals surface area contributed by atoms with Crippen LogP contribution in [0.15, 0.2) is 18.2 Å². The second-order valence-corrected chi connectivity index (χ2v) is 7.10. The van der Waals surface area contributed by atoms with Crippen molar-refractivity contribution in [3.63, 3.8) is 0 Å². The lowest BCUT2D eigenvalue weighted by Crippen LogP contribution is -2.08. The minimum Gasteiger partial charge on any atom is -0.481 e. The number of aryl methyl sites for hydroxylation is 3. The zero-order valence-electron chi connectivity index (χ0n) is 15.2. The van der Waals surface area contributed by atoms with E-state index < -0.39 is 5.97 Å². The zero-order valence-corrected chi connectivity index (χ0v) is 16.0. The van der Waals surface area contributed by atoms with E-state index in [1.165, 1.54) is 10.6 Å². The van der Waals surface area contributed by atoms with Crippen molar-refractivity contribution in [2.75, 3.05) is 0 Å². The highest BCUT2D eigenvalue weighted by Crippen LogP contribution is 2.23. The summed E-state index contributed by atoms with van der Waals surface area (Å²) in [4.78, 5) is 24.2. The van der Waals surface area contributed by atoms with Gasteiger partial charge < -0.3 is 9.67 Å². The minimum absolute atomic E-state index is 0.141. The molecule has 0 fully saturated rings. The standard InChI is InChI=1S/C14H17NOS.C5H10O2/c1-5-11-8-9(2)13(15(11)4)14(16)12-7-6-10(3)17-12;1-2-3-4-5(6)7/h6-8H,5H2,1-4H3;2-4H2,1H3,(H,6,7). The molecule has 0 saturated heterocycles. The number of carbonyl (C=O) groups excluding carboxylic acids is 1. The summed E-state index contributed by atoms with van der Waals surface area (Å²) in [5.41, 5.74) is 3.10. The van der Waals surface area contributed by atoms with Crippen molar-refractivity contribution in [1.82, 2.24) is 4.57 Å². The van der Waals surface area contributed by atoms with Crippen LogP contribution >= 0.6 is 11.3 Å². The molecule has 2 rings (SSSR count). The van der Waals surface area contributed by atoms with Gasteiger partial charge in [-0.3, -0.25) is 9.59 Å². The summed E-state index contributed by atoms with van der Waals surface area (Å²) in [7, 11) is 1.97. The van der Waals surface area contributed by atoms with E-state index in [4.69, 9.17) is 5.11 Å². The van der Waals surface area contributed by atoms with Crippen LogP contribution < -0.4 is 0 Å². The number of nitrogens with zero attached hydrogens (tertiary/aromatic N) is 1. The topological polar surface area (TPSA) is 59.3 Å². The molecule has 1 N–H and O–H groups in total. The van der Waals surface area contributed by atoms with E-state index >= 15 is 0 Å². The van der Waals surface area contributed by atoms with Crippen LogP contribution in [0.3, 0.4) is 0 Å². The highest BCUT2D eigenvalue weighted by molar-refractivity contribution is 7.14. The lowest BCUT2D eigenvalue weighted by Gasteiger charge is -2.05. The molecular weight excluding hydrogens is 322 g/mol. The van der Waals surface area contributed by atoms with Crippen molar-refractivity contribution in [1.29, 1.82) is 0 Å². The molecular formula is C19H27NO3S. The molecule has 0 radical (unpaired) electrons. The zero-order chi connectivity index (χ0) is 18.3. The van der Waals surface area contributed by atoms with Crippen LogP contribution in [-0.2, 0) is 18.3 Å². The van der Waals surface area contributed by atoms with Gasteiger partial charge in [0.2, 0.25) is 5.78 Å². The Hall–Kier alpha value is -1.88. The Labute approximate surface area is 148 Å². The maximum atomic E-state index is 12.4. The van der Waals surface area contributed by atoms with Gasteiger partial charge in [-0.15, -0.1) is 11.3 Å². The molecule has 0 aliphatic heterocycles. The number of aromatic nitrogens is 1. The van der Waals surface area contributed by atoms with Crippen LogP contribution in [0.4, 0.5) is 0 Å². The smallest absolute Gasteiger partial charge is 0.303 e. The van der Waals surface area contributed by atoms with E-state index in [2.05, 4.69) is 13.0 Å². The Morgan fingerprint density at radius 1 is 1.21 bits per heavy atom. The van der Waals surface area contributed by atoms with Crippen molar-refractivity contribution < 1.29 is 14.7 Å². The fraction of sp³-hybridized carbons (Fsp3) is 0.474. The molecule has 2 heterocycles. The van der Waals surface area contributed by atoms with Crippen LogP contribution in [0, 0.1) is 13.8 Å². The fourth-order valence-corrected chi connectivity index (χ4v) is 3.30. The van der Waals surface area contributed by atoms with Gasteiger partial charge in [0.05, 0.1) is 10.6 Å². The van der Waals surface area contributed by atoms with Gasteiger partial charge in [-0.2, -0.15) is 0 Å². The quantitative estimate of drug-likeness (QED) is 0.765. The van der Waals surface area contributed by atoms with Crippen LogP contribution in [0.25, 0.3) is 0 Å². The molecule has 2 aromatic rings. The highest BCUT2D eigenvalue weighted by atomic mass is 32.1. The molecule has 0 aromatic carbocycles. The minimum atomic E-state index is -0.693. The molecule has 0 amide bonds. The van der Waals surface area contributed by atoms with Crippen molar-refractivity contribution in [2.24, 2.45) is 7.05 Å². The van der Waals surface area contributed by atoms with Crippen molar-refractivity contribution in [2.45, 2.75) is 53.4 Å². The molecule has 5 heteroatoms. The number of thiophene rings is 1. The predicted molar refractivity (Wildman–Crippen MR) is 99.2 cm³/mol. The van der Waals surface area contributed by atoms with Gasteiger partial charge in [-0.1, -0.05) is 20.3 Å². The average molecular weight is 349 g/mol. The molecule has 0 spiro atoms. The molecule has 132 valence electrons. The van der Waals surface area contributed by atoms with Crippen LogP contribution in [-0.4, -0.2) is 21.4 Å². The molecule has 0 aliphatic rings. The number of hydrogen-bond acceptors (Lipinski definition) is 3. The summed E-state index contributed by atoms with van der Waals surface area (Å²) in [6, 6.07) is 6.02. The molecule has 2 aromatic heterocycles. The van der Waals surface area contributed by atoms with Gasteiger partial charge in [0.25, 0.3) is 0 Å². The van der Waals surface area contributed by atoms with Gasteiger partial charge in [0.1, 0.15) is 0 Å². The first kappa shape index (κ1) is 20.2. The number of carboxylic acids is 1. The van der Waals surface area contributed by atoms with Gasteiger partial charge in [0.15, 0.2) is 0 Å². The maximum absolute atomic E-state index is 12.4. The maximum Gasteiger partial charge on any atom is 0.303 e. The van der Waals surface area contributed by atoms with E-state index in [-0.39, 0.29) is 5.78 Å². The third-order valence-electron chi connectivity index (χ3n) is 3.81. The van der Waals surface area contributed by atoms with Crippen molar-refractivity contribution in [3.8, 4) is 0 Å². The largest absolute Gasteiger partial charge is 0.481 e. The van der Waals surface area contributed by atoms with Crippen LogP contribution in [0.5, 0.6) is 0 Å². The third kappa shape index (κ3) is 5.34. The summed E-state index contributed by atoms with van der Waals surface area (Å²) in [6.07, 6.45) is 3.03. The normalized spacial score (nSPS) is 10.2. The van der Waals surface area contributed by atoms with Gasteiger partial charge in [0, 0.05) is 24.0 Å². The number of aliphatic carboxylic acids is 1.